The van der Waals surface area contributed by atoms with E-state index in [1.165, 1.54) is 0 Å². The molecule has 2 heteroatoms. The number of carbonyl (C=O) groups excluding carboxylic acids is 1. The Balaban J connectivity index is 3.60. The molecule has 0 aliphatic rings. The summed E-state index contributed by atoms with van der Waals surface area (Å²) in [5.74, 6) is -0.0284. The average Bonchev–Trinajstić information content (AvgIpc) is 2.24. The van der Waals surface area contributed by atoms with Crippen LogP contribution in [0.5, 0.6) is 0 Å². The average molecular weight is 213 g/mol. The topological polar surface area (TPSA) is 26.3 Å². The van der Waals surface area contributed by atoms with Gasteiger partial charge in [0.2, 0.25) is 0 Å². The second-order valence-electron chi connectivity index (χ2n) is 3.97. The molecule has 2 nitrogen and oxygen atoms in total. The molecule has 1 unspecified atom stereocenters. The van der Waals surface area contributed by atoms with Crippen molar-refractivity contribution in [1.29, 1.82) is 0 Å². The Morgan fingerprint density at radius 3 is 2.53 bits per heavy atom. The number of rotatable bonds is 9. The molecule has 0 aromatic rings. The van der Waals surface area contributed by atoms with E-state index in [4.69, 9.17) is 4.74 Å². The summed E-state index contributed by atoms with van der Waals surface area (Å²) in [5, 5.41) is 0. The van der Waals surface area contributed by atoms with E-state index in [-0.39, 0.29) is 12.1 Å². The van der Waals surface area contributed by atoms with E-state index in [0.29, 0.717) is 6.42 Å². The van der Waals surface area contributed by atoms with Crippen LogP contribution in [0, 0.1) is 6.92 Å². The van der Waals surface area contributed by atoms with E-state index in [0.717, 1.165) is 44.9 Å². The van der Waals surface area contributed by atoms with Gasteiger partial charge in [-0.15, -0.1) is 0 Å². The molecular weight excluding hydrogens is 188 g/mol. The number of hydrogen-bond acceptors (Lipinski definition) is 2. The van der Waals surface area contributed by atoms with E-state index in [1.54, 1.807) is 0 Å². The van der Waals surface area contributed by atoms with E-state index < -0.39 is 0 Å². The van der Waals surface area contributed by atoms with Crippen molar-refractivity contribution in [3.05, 3.63) is 6.92 Å². The summed E-state index contributed by atoms with van der Waals surface area (Å²) >= 11 is 0. The van der Waals surface area contributed by atoms with Crippen molar-refractivity contribution in [3.8, 4) is 0 Å². The molecule has 0 aliphatic heterocycles. The first-order valence-corrected chi connectivity index (χ1v) is 6.23. The van der Waals surface area contributed by atoms with Crippen LogP contribution in [0.1, 0.15) is 65.2 Å². The van der Waals surface area contributed by atoms with Crippen LogP contribution < -0.4 is 0 Å². The summed E-state index contributed by atoms with van der Waals surface area (Å²) < 4.78 is 5.38. The molecule has 0 aromatic carbocycles. The van der Waals surface area contributed by atoms with Crippen LogP contribution in [0.25, 0.3) is 0 Å². The van der Waals surface area contributed by atoms with Crippen molar-refractivity contribution in [2.45, 2.75) is 71.3 Å². The van der Waals surface area contributed by atoms with Crippen LogP contribution in [-0.2, 0) is 9.53 Å². The Labute approximate surface area is 94.4 Å². The van der Waals surface area contributed by atoms with Gasteiger partial charge in [0.05, 0.1) is 0 Å². The zero-order valence-electron chi connectivity index (χ0n) is 10.3. The third kappa shape index (κ3) is 8.46. The van der Waals surface area contributed by atoms with Crippen molar-refractivity contribution in [2.24, 2.45) is 0 Å². The monoisotopic (exact) mass is 213 g/mol. The highest BCUT2D eigenvalue weighted by Crippen LogP contribution is 2.10. The molecule has 89 valence electrons. The molecule has 0 fully saturated rings. The largest absolute Gasteiger partial charge is 0.462 e. The number of unbranched alkanes of at least 4 members (excludes halogenated alkanes) is 3. The van der Waals surface area contributed by atoms with Crippen molar-refractivity contribution in [3.63, 3.8) is 0 Å². The van der Waals surface area contributed by atoms with E-state index >= 15 is 0 Å². The van der Waals surface area contributed by atoms with Crippen LogP contribution in [0.2, 0.25) is 0 Å². The Bertz CT molecular complexity index is 155. The highest BCUT2D eigenvalue weighted by molar-refractivity contribution is 5.69. The first-order valence-electron chi connectivity index (χ1n) is 6.23. The molecule has 0 N–H and O–H groups in total. The molecule has 15 heavy (non-hydrogen) atoms. The quantitative estimate of drug-likeness (QED) is 0.429. The lowest BCUT2D eigenvalue weighted by Crippen LogP contribution is -2.17. The first-order chi connectivity index (χ1) is 7.24. The zero-order chi connectivity index (χ0) is 11.5. The van der Waals surface area contributed by atoms with Gasteiger partial charge in [-0.2, -0.15) is 0 Å². The van der Waals surface area contributed by atoms with Gasteiger partial charge in [-0.1, -0.05) is 40.0 Å². The van der Waals surface area contributed by atoms with Gasteiger partial charge in [0.1, 0.15) is 6.10 Å². The fraction of sp³-hybridized carbons (Fsp3) is 0.846. The second-order valence-corrected chi connectivity index (χ2v) is 3.97. The van der Waals surface area contributed by atoms with Gasteiger partial charge >= 0.3 is 5.97 Å². The Morgan fingerprint density at radius 1 is 1.27 bits per heavy atom. The summed E-state index contributed by atoms with van der Waals surface area (Å²) in [4.78, 5) is 11.4. The van der Waals surface area contributed by atoms with Gasteiger partial charge in [-0.25, -0.2) is 0 Å². The Kier molecular flexibility index (Phi) is 9.65. The fourth-order valence-corrected chi connectivity index (χ4v) is 1.48. The van der Waals surface area contributed by atoms with Gasteiger partial charge in [0.25, 0.3) is 0 Å². The van der Waals surface area contributed by atoms with Crippen molar-refractivity contribution < 1.29 is 9.53 Å². The Hall–Kier alpha value is -0.530. The summed E-state index contributed by atoms with van der Waals surface area (Å²) in [5.41, 5.74) is 0. The van der Waals surface area contributed by atoms with Gasteiger partial charge in [0.15, 0.2) is 0 Å². The smallest absolute Gasteiger partial charge is 0.306 e. The lowest BCUT2D eigenvalue weighted by atomic mass is 10.1. The lowest BCUT2D eigenvalue weighted by Gasteiger charge is -2.15. The molecule has 0 spiro atoms. The predicted molar refractivity (Wildman–Crippen MR) is 63.5 cm³/mol. The van der Waals surface area contributed by atoms with Crippen LogP contribution in [0.3, 0.4) is 0 Å². The van der Waals surface area contributed by atoms with Gasteiger partial charge in [-0.05, 0) is 25.7 Å². The van der Waals surface area contributed by atoms with Gasteiger partial charge in [0, 0.05) is 6.42 Å². The highest BCUT2D eigenvalue weighted by Gasteiger charge is 2.11. The SMILES string of the molecule is [CH2]CCCC(CC)OC(=O)CCCCC. The van der Waals surface area contributed by atoms with Crippen LogP contribution in [0.4, 0.5) is 0 Å². The second kappa shape index (κ2) is 10.0. The minimum Gasteiger partial charge on any atom is -0.462 e. The molecule has 1 radical (unpaired) electrons. The fourth-order valence-electron chi connectivity index (χ4n) is 1.48. The molecule has 0 rings (SSSR count). The molecule has 0 saturated heterocycles. The summed E-state index contributed by atoms with van der Waals surface area (Å²) in [6, 6.07) is 0. The number of hydrogen-bond donors (Lipinski definition) is 0. The minimum atomic E-state index is -0.0284. The maximum atomic E-state index is 11.4. The van der Waals surface area contributed by atoms with Crippen molar-refractivity contribution >= 4 is 5.97 Å². The summed E-state index contributed by atoms with van der Waals surface area (Å²) in [6.07, 6.45) is 7.75. The molecule has 0 saturated carbocycles. The van der Waals surface area contributed by atoms with Gasteiger partial charge in [-0.3, -0.25) is 4.79 Å². The number of carbonyl (C=O) groups is 1. The van der Waals surface area contributed by atoms with E-state index in [9.17, 15) is 4.79 Å². The van der Waals surface area contributed by atoms with Crippen molar-refractivity contribution in [2.75, 3.05) is 0 Å². The standard InChI is InChI=1S/C13H25O2/c1-4-7-9-11-13(14)15-12(6-3)10-8-5-2/h12H,2,4-11H2,1,3H3. The molecule has 0 aromatic heterocycles. The van der Waals surface area contributed by atoms with E-state index in [1.807, 2.05) is 0 Å². The zero-order valence-corrected chi connectivity index (χ0v) is 10.3. The van der Waals surface area contributed by atoms with Crippen molar-refractivity contribution in [1.82, 2.24) is 0 Å². The van der Waals surface area contributed by atoms with Gasteiger partial charge < -0.3 is 4.74 Å². The molecule has 0 aliphatic carbocycles. The third-order valence-corrected chi connectivity index (χ3v) is 2.51. The van der Waals surface area contributed by atoms with Crippen LogP contribution >= 0.6 is 0 Å². The predicted octanol–water partition coefficient (Wildman–Crippen LogP) is 3.89. The third-order valence-electron chi connectivity index (χ3n) is 2.51. The summed E-state index contributed by atoms with van der Waals surface area (Å²) in [6.45, 7) is 7.99. The molecule has 0 heterocycles. The normalized spacial score (nSPS) is 12.5. The summed E-state index contributed by atoms with van der Waals surface area (Å²) in [7, 11) is 0. The first kappa shape index (κ1) is 14.5. The number of ether oxygens (including phenoxy) is 1. The van der Waals surface area contributed by atoms with Crippen LogP contribution in [-0.4, -0.2) is 12.1 Å². The maximum absolute atomic E-state index is 11.4. The highest BCUT2D eigenvalue weighted by atomic mass is 16.5. The Morgan fingerprint density at radius 2 is 2.00 bits per heavy atom. The molecule has 0 bridgehead atoms. The number of esters is 1. The lowest BCUT2D eigenvalue weighted by molar-refractivity contribution is -0.149. The molecule has 0 amide bonds. The van der Waals surface area contributed by atoms with Crippen LogP contribution in [0.15, 0.2) is 0 Å². The minimum absolute atomic E-state index is 0.0284. The molecular formula is C13H25O2. The molecule has 1 atom stereocenters. The van der Waals surface area contributed by atoms with E-state index in [2.05, 4.69) is 20.8 Å². The maximum Gasteiger partial charge on any atom is 0.306 e.